The minimum Gasteiger partial charge on any atom is -0.504 e. The number of ether oxygens (including phenoxy) is 2. The van der Waals surface area contributed by atoms with Crippen LogP contribution in [-0.2, 0) is 4.79 Å². The number of para-hydroxylation sites is 1. The van der Waals surface area contributed by atoms with Crippen LogP contribution in [0.2, 0.25) is 0 Å². The van der Waals surface area contributed by atoms with Crippen LogP contribution in [-0.4, -0.2) is 22.8 Å². The van der Waals surface area contributed by atoms with Crippen molar-refractivity contribution in [2.75, 3.05) is 6.61 Å². The third-order valence-corrected chi connectivity index (χ3v) is 3.62. The maximum Gasteiger partial charge on any atom is 0.349 e. The SMILES string of the molecule is CCC(C)c1ccc(OCC(=O)Oc2cccc(O)c2O)cc1. The van der Waals surface area contributed by atoms with E-state index in [1.165, 1.54) is 23.8 Å². The molecule has 1 atom stereocenters. The highest BCUT2D eigenvalue weighted by molar-refractivity contribution is 5.75. The predicted octanol–water partition coefficient (Wildman–Crippen LogP) is 3.60. The molecule has 0 aliphatic carbocycles. The van der Waals surface area contributed by atoms with Crippen molar-refractivity contribution in [3.8, 4) is 23.0 Å². The monoisotopic (exact) mass is 316 g/mol. The molecule has 2 aromatic rings. The summed E-state index contributed by atoms with van der Waals surface area (Å²) in [4.78, 5) is 11.7. The Hall–Kier alpha value is -2.69. The van der Waals surface area contributed by atoms with Gasteiger partial charge in [-0.3, -0.25) is 0 Å². The highest BCUT2D eigenvalue weighted by Crippen LogP contribution is 2.34. The van der Waals surface area contributed by atoms with Gasteiger partial charge in [-0.1, -0.05) is 32.0 Å². The molecule has 0 radical (unpaired) electrons. The summed E-state index contributed by atoms with van der Waals surface area (Å²) in [5.74, 6) is -0.560. The lowest BCUT2D eigenvalue weighted by molar-refractivity contribution is -0.136. The van der Waals surface area contributed by atoms with E-state index in [1.807, 2.05) is 12.1 Å². The van der Waals surface area contributed by atoms with Crippen LogP contribution in [0.25, 0.3) is 0 Å². The Morgan fingerprint density at radius 3 is 2.48 bits per heavy atom. The number of benzene rings is 2. The summed E-state index contributed by atoms with van der Waals surface area (Å²) in [7, 11) is 0. The number of aromatic hydroxyl groups is 2. The molecule has 0 saturated carbocycles. The van der Waals surface area contributed by atoms with Crippen molar-refractivity contribution in [2.45, 2.75) is 26.2 Å². The number of hydrogen-bond acceptors (Lipinski definition) is 5. The maximum absolute atomic E-state index is 11.7. The second-order valence-corrected chi connectivity index (χ2v) is 5.26. The molecule has 1 unspecified atom stereocenters. The molecule has 0 bridgehead atoms. The van der Waals surface area contributed by atoms with Crippen LogP contribution >= 0.6 is 0 Å². The van der Waals surface area contributed by atoms with Gasteiger partial charge >= 0.3 is 5.97 Å². The molecule has 2 N–H and O–H groups in total. The van der Waals surface area contributed by atoms with E-state index >= 15 is 0 Å². The lowest BCUT2D eigenvalue weighted by Gasteiger charge is -2.11. The second-order valence-electron chi connectivity index (χ2n) is 5.26. The van der Waals surface area contributed by atoms with Gasteiger partial charge in [0.25, 0.3) is 0 Å². The van der Waals surface area contributed by atoms with Gasteiger partial charge in [0, 0.05) is 0 Å². The van der Waals surface area contributed by atoms with Crippen LogP contribution in [0.1, 0.15) is 31.7 Å². The van der Waals surface area contributed by atoms with Crippen LogP contribution in [0, 0.1) is 0 Å². The molecule has 0 saturated heterocycles. The van der Waals surface area contributed by atoms with Gasteiger partial charge in [-0.15, -0.1) is 0 Å². The topological polar surface area (TPSA) is 76.0 Å². The fourth-order valence-electron chi connectivity index (χ4n) is 2.02. The van der Waals surface area contributed by atoms with Gasteiger partial charge in [0.05, 0.1) is 0 Å². The van der Waals surface area contributed by atoms with Crippen LogP contribution in [0.3, 0.4) is 0 Å². The molecule has 122 valence electrons. The number of rotatable bonds is 6. The minimum absolute atomic E-state index is 0.106. The van der Waals surface area contributed by atoms with Gasteiger partial charge < -0.3 is 19.7 Å². The van der Waals surface area contributed by atoms with E-state index < -0.39 is 11.7 Å². The summed E-state index contributed by atoms with van der Waals surface area (Å²) in [5, 5.41) is 18.9. The van der Waals surface area contributed by atoms with E-state index in [9.17, 15) is 15.0 Å². The van der Waals surface area contributed by atoms with E-state index in [-0.39, 0.29) is 18.1 Å². The van der Waals surface area contributed by atoms with Crippen molar-refractivity contribution in [2.24, 2.45) is 0 Å². The zero-order chi connectivity index (χ0) is 16.8. The molecule has 0 fully saturated rings. The average Bonchev–Trinajstić information content (AvgIpc) is 2.57. The fourth-order valence-corrected chi connectivity index (χ4v) is 2.02. The molecule has 0 amide bonds. The predicted molar refractivity (Wildman–Crippen MR) is 86.0 cm³/mol. The molecule has 0 aliphatic rings. The Labute approximate surface area is 135 Å². The maximum atomic E-state index is 11.7. The van der Waals surface area contributed by atoms with Crippen molar-refractivity contribution >= 4 is 5.97 Å². The van der Waals surface area contributed by atoms with E-state index in [2.05, 4.69) is 13.8 Å². The first kappa shape index (κ1) is 16.7. The normalized spacial score (nSPS) is 11.7. The quantitative estimate of drug-likeness (QED) is 0.484. The summed E-state index contributed by atoms with van der Waals surface area (Å²) < 4.78 is 10.3. The molecule has 0 spiro atoms. The molecule has 5 nitrogen and oxygen atoms in total. The highest BCUT2D eigenvalue weighted by atomic mass is 16.6. The van der Waals surface area contributed by atoms with Crippen molar-refractivity contribution in [3.63, 3.8) is 0 Å². The van der Waals surface area contributed by atoms with Crippen LogP contribution in [0.5, 0.6) is 23.0 Å². The molecular weight excluding hydrogens is 296 g/mol. The van der Waals surface area contributed by atoms with Crippen molar-refractivity contribution in [1.82, 2.24) is 0 Å². The molecule has 0 aromatic heterocycles. The van der Waals surface area contributed by atoms with E-state index in [1.54, 1.807) is 12.1 Å². The van der Waals surface area contributed by atoms with Gasteiger partial charge in [0.15, 0.2) is 18.1 Å². The first-order valence-electron chi connectivity index (χ1n) is 7.45. The first-order valence-corrected chi connectivity index (χ1v) is 7.45. The lowest BCUT2D eigenvalue weighted by Crippen LogP contribution is -2.17. The van der Waals surface area contributed by atoms with E-state index in [0.717, 1.165) is 6.42 Å². The third kappa shape index (κ3) is 4.39. The van der Waals surface area contributed by atoms with Crippen molar-refractivity contribution < 1.29 is 24.5 Å². The Morgan fingerprint density at radius 1 is 1.13 bits per heavy atom. The molecule has 0 heterocycles. The number of phenolic OH excluding ortho intramolecular Hbond substituents is 2. The Morgan fingerprint density at radius 2 is 1.83 bits per heavy atom. The minimum atomic E-state index is -0.670. The number of esters is 1. The van der Waals surface area contributed by atoms with E-state index in [4.69, 9.17) is 9.47 Å². The van der Waals surface area contributed by atoms with Gasteiger partial charge in [0.1, 0.15) is 5.75 Å². The molecule has 23 heavy (non-hydrogen) atoms. The van der Waals surface area contributed by atoms with Crippen LogP contribution < -0.4 is 9.47 Å². The number of carbonyl (C=O) groups excluding carboxylic acids is 1. The van der Waals surface area contributed by atoms with Gasteiger partial charge in [-0.05, 0) is 42.2 Å². The molecule has 2 rings (SSSR count). The van der Waals surface area contributed by atoms with Gasteiger partial charge in [-0.2, -0.15) is 0 Å². The summed E-state index contributed by atoms with van der Waals surface area (Å²) in [6.45, 7) is 3.98. The Bertz CT molecular complexity index is 664. The standard InChI is InChI=1S/C18H20O5/c1-3-12(2)13-7-9-14(10-8-13)22-11-17(20)23-16-6-4-5-15(19)18(16)21/h4-10,12,19,21H,3,11H2,1-2H3. The Balaban J connectivity index is 1.90. The van der Waals surface area contributed by atoms with Crippen molar-refractivity contribution in [1.29, 1.82) is 0 Å². The zero-order valence-electron chi connectivity index (χ0n) is 13.2. The number of hydrogen-bond donors (Lipinski definition) is 2. The Kier molecular flexibility index (Phi) is 5.46. The van der Waals surface area contributed by atoms with E-state index in [0.29, 0.717) is 11.7 Å². The van der Waals surface area contributed by atoms with Gasteiger partial charge in [-0.25, -0.2) is 4.79 Å². The third-order valence-electron chi connectivity index (χ3n) is 3.62. The summed E-state index contributed by atoms with van der Waals surface area (Å²) >= 11 is 0. The molecular formula is C18H20O5. The summed E-state index contributed by atoms with van der Waals surface area (Å²) in [6, 6.07) is 11.7. The number of phenols is 2. The zero-order valence-corrected chi connectivity index (χ0v) is 13.2. The summed E-state index contributed by atoms with van der Waals surface area (Å²) in [6.07, 6.45) is 1.06. The van der Waals surface area contributed by atoms with Gasteiger partial charge in [0.2, 0.25) is 5.75 Å². The largest absolute Gasteiger partial charge is 0.504 e. The van der Waals surface area contributed by atoms with Crippen molar-refractivity contribution in [3.05, 3.63) is 48.0 Å². The van der Waals surface area contributed by atoms with Crippen LogP contribution in [0.4, 0.5) is 0 Å². The average molecular weight is 316 g/mol. The lowest BCUT2D eigenvalue weighted by atomic mass is 9.99. The first-order chi connectivity index (χ1) is 11.0. The van der Waals surface area contributed by atoms with Crippen LogP contribution in [0.15, 0.2) is 42.5 Å². The second kappa shape index (κ2) is 7.54. The highest BCUT2D eigenvalue weighted by Gasteiger charge is 2.12. The molecule has 0 aliphatic heterocycles. The number of carbonyl (C=O) groups is 1. The molecule has 2 aromatic carbocycles. The summed E-state index contributed by atoms with van der Waals surface area (Å²) in [5.41, 5.74) is 1.21. The molecule has 5 heteroatoms. The smallest absolute Gasteiger partial charge is 0.349 e. The fraction of sp³-hybridized carbons (Fsp3) is 0.278.